The summed E-state index contributed by atoms with van der Waals surface area (Å²) in [4.78, 5) is 28.7. The predicted molar refractivity (Wildman–Crippen MR) is 130 cm³/mol. The molecule has 9 nitrogen and oxygen atoms in total. The summed E-state index contributed by atoms with van der Waals surface area (Å²) < 4.78 is 12.1. The Bertz CT molecular complexity index is 1190. The van der Waals surface area contributed by atoms with Crippen LogP contribution in [-0.4, -0.2) is 71.3 Å². The number of aromatic nitrogens is 1. The predicted octanol–water partition coefficient (Wildman–Crippen LogP) is 2.13. The van der Waals surface area contributed by atoms with Gasteiger partial charge in [-0.15, -0.1) is 0 Å². The first-order valence-corrected chi connectivity index (χ1v) is 11.5. The van der Waals surface area contributed by atoms with Gasteiger partial charge in [0.05, 0.1) is 25.3 Å². The van der Waals surface area contributed by atoms with E-state index in [9.17, 15) is 14.7 Å². The number of nitrogens with one attached hydrogen (secondary N) is 1. The Kier molecular flexibility index (Phi) is 7.35. The molecule has 182 valence electrons. The molecule has 0 unspecified atom stereocenters. The van der Waals surface area contributed by atoms with Crippen molar-refractivity contribution in [2.45, 2.75) is 38.6 Å². The minimum absolute atomic E-state index is 0.0705. The van der Waals surface area contributed by atoms with Crippen LogP contribution in [0.3, 0.4) is 0 Å². The summed E-state index contributed by atoms with van der Waals surface area (Å²) in [6, 6.07) is 13.0. The molecule has 2 atom stereocenters. The average molecular weight is 469 g/mol. The third-order valence-corrected chi connectivity index (χ3v) is 6.26. The van der Waals surface area contributed by atoms with Crippen molar-refractivity contribution in [1.29, 1.82) is 0 Å². The van der Waals surface area contributed by atoms with Crippen LogP contribution in [0.5, 0.6) is 5.75 Å². The third kappa shape index (κ3) is 5.32. The lowest BCUT2D eigenvalue weighted by atomic mass is 10.1. The number of likely N-dealkylation sites (N-methyl/N-ethyl adjacent to an activating group) is 1. The maximum atomic E-state index is 12.7. The first-order valence-electron chi connectivity index (χ1n) is 11.5. The summed E-state index contributed by atoms with van der Waals surface area (Å²) >= 11 is 0. The third-order valence-electron chi connectivity index (χ3n) is 6.26. The van der Waals surface area contributed by atoms with Crippen LogP contribution >= 0.6 is 0 Å². The number of carbonyl (C=O) groups is 1. The minimum Gasteiger partial charge on any atom is -0.497 e. The molecule has 0 bridgehead atoms. The molecule has 2 aromatic carbocycles. The number of aliphatic hydroxyl groups excluding tert-OH is 1. The summed E-state index contributed by atoms with van der Waals surface area (Å²) in [5, 5.41) is 13.5. The number of likely N-dealkylation sites (tertiary alicyclic amines) is 1. The zero-order valence-electron chi connectivity index (χ0n) is 19.9. The number of hydrogen-bond donors (Lipinski definition) is 2. The number of aliphatic hydroxyl groups is 1. The Morgan fingerprint density at radius 1 is 1.24 bits per heavy atom. The molecule has 0 saturated carbocycles. The normalized spacial score (nSPS) is 18.6. The molecule has 1 fully saturated rings. The molecule has 34 heavy (non-hydrogen) atoms. The number of rotatable bonds is 9. The van der Waals surface area contributed by atoms with E-state index in [1.807, 2.05) is 43.1 Å². The zero-order chi connectivity index (χ0) is 24.2. The number of aryl methyl sites for hydroxylation is 1. The van der Waals surface area contributed by atoms with E-state index in [2.05, 4.69) is 10.2 Å². The molecule has 3 aromatic rings. The first kappa shape index (κ1) is 24.0. The Morgan fingerprint density at radius 2 is 2.00 bits per heavy atom. The molecule has 2 heterocycles. The minimum atomic E-state index is -0.542. The number of hydrogen-bond acceptors (Lipinski definition) is 7. The van der Waals surface area contributed by atoms with E-state index in [0.29, 0.717) is 37.4 Å². The van der Waals surface area contributed by atoms with E-state index in [-0.39, 0.29) is 18.5 Å². The number of oxazole rings is 1. The van der Waals surface area contributed by atoms with Crippen LogP contribution in [0.25, 0.3) is 11.1 Å². The molecule has 0 spiro atoms. The second-order valence-corrected chi connectivity index (χ2v) is 8.84. The molecular formula is C25H32N4O5. The summed E-state index contributed by atoms with van der Waals surface area (Å²) in [5.74, 6) is 0.237. The molecular weight excluding hydrogens is 436 g/mol. The SMILES string of the molecule is CCCn1c(=O)oc2cc(NC(=O)CN3C[C@H](O)[C@@H](N(C)Cc4ccc(OC)cc4)C3)ccc21. The molecule has 4 rings (SSSR count). The van der Waals surface area contributed by atoms with Crippen molar-refractivity contribution in [2.75, 3.05) is 39.1 Å². The van der Waals surface area contributed by atoms with Gasteiger partial charge in [-0.2, -0.15) is 0 Å². The van der Waals surface area contributed by atoms with Crippen molar-refractivity contribution in [3.05, 3.63) is 58.6 Å². The van der Waals surface area contributed by atoms with Crippen LogP contribution in [0.1, 0.15) is 18.9 Å². The van der Waals surface area contributed by atoms with Crippen LogP contribution in [-0.2, 0) is 17.9 Å². The molecule has 0 aliphatic carbocycles. The number of anilines is 1. The lowest BCUT2D eigenvalue weighted by molar-refractivity contribution is -0.117. The number of β-amino-alcohol motifs (C(OH)–C–C–N with tert-alkyl or cyclic N) is 1. The summed E-state index contributed by atoms with van der Waals surface area (Å²) in [6.45, 7) is 4.46. The number of methoxy groups -OCH3 is 1. The van der Waals surface area contributed by atoms with Gasteiger partial charge < -0.3 is 19.6 Å². The standard InChI is InChI=1S/C25H32N4O5/c1-4-11-29-20-10-7-18(12-23(20)34-25(29)32)26-24(31)16-28-14-21(22(30)15-28)27(2)13-17-5-8-19(33-3)9-6-17/h5-10,12,21-22,30H,4,11,13-16H2,1-3H3,(H,26,31)/t21-,22-/m0/s1. The summed E-state index contributed by atoms with van der Waals surface area (Å²) in [5.41, 5.74) is 2.87. The number of fused-ring (bicyclic) bond motifs is 1. The highest BCUT2D eigenvalue weighted by Crippen LogP contribution is 2.21. The smallest absolute Gasteiger partial charge is 0.419 e. The maximum absolute atomic E-state index is 12.7. The van der Waals surface area contributed by atoms with Gasteiger partial charge in [0.1, 0.15) is 5.75 Å². The number of amides is 1. The van der Waals surface area contributed by atoms with Crippen molar-refractivity contribution in [1.82, 2.24) is 14.4 Å². The highest BCUT2D eigenvalue weighted by molar-refractivity contribution is 5.94. The zero-order valence-corrected chi connectivity index (χ0v) is 19.9. The second kappa shape index (κ2) is 10.4. The van der Waals surface area contributed by atoms with Gasteiger partial charge in [-0.25, -0.2) is 4.79 Å². The molecule has 1 aliphatic rings. The molecule has 1 amide bonds. The lowest BCUT2D eigenvalue weighted by Crippen LogP contribution is -2.40. The van der Waals surface area contributed by atoms with Gasteiger partial charge in [0, 0.05) is 44.0 Å². The summed E-state index contributed by atoms with van der Waals surface area (Å²) in [6.07, 6.45) is 0.283. The van der Waals surface area contributed by atoms with Crippen LogP contribution in [0.15, 0.2) is 51.7 Å². The van der Waals surface area contributed by atoms with Gasteiger partial charge in [-0.1, -0.05) is 19.1 Å². The molecule has 1 aromatic heterocycles. The lowest BCUT2D eigenvalue weighted by Gasteiger charge is -2.26. The average Bonchev–Trinajstić information content (AvgIpc) is 3.32. The van der Waals surface area contributed by atoms with Gasteiger partial charge in [0.15, 0.2) is 5.58 Å². The number of ether oxygens (including phenoxy) is 1. The molecule has 2 N–H and O–H groups in total. The van der Waals surface area contributed by atoms with E-state index in [0.717, 1.165) is 23.3 Å². The Morgan fingerprint density at radius 3 is 2.71 bits per heavy atom. The Labute approximate surface area is 198 Å². The topological polar surface area (TPSA) is 100 Å². The number of carbonyl (C=O) groups excluding carboxylic acids is 1. The monoisotopic (exact) mass is 468 g/mol. The van der Waals surface area contributed by atoms with Crippen LogP contribution in [0.2, 0.25) is 0 Å². The highest BCUT2D eigenvalue weighted by atomic mass is 16.5. The van der Waals surface area contributed by atoms with Crippen molar-refractivity contribution >= 4 is 22.7 Å². The van der Waals surface area contributed by atoms with Crippen molar-refractivity contribution < 1.29 is 19.1 Å². The van der Waals surface area contributed by atoms with E-state index in [1.165, 1.54) is 0 Å². The van der Waals surface area contributed by atoms with Gasteiger partial charge in [0.2, 0.25) is 5.91 Å². The summed E-state index contributed by atoms with van der Waals surface area (Å²) in [7, 11) is 3.62. The van der Waals surface area contributed by atoms with E-state index in [4.69, 9.17) is 9.15 Å². The molecule has 9 heteroatoms. The van der Waals surface area contributed by atoms with Crippen molar-refractivity contribution in [2.24, 2.45) is 0 Å². The van der Waals surface area contributed by atoms with Crippen molar-refractivity contribution in [3.63, 3.8) is 0 Å². The molecule has 0 radical (unpaired) electrons. The van der Waals surface area contributed by atoms with Gasteiger partial charge in [-0.3, -0.25) is 19.2 Å². The quantitative estimate of drug-likeness (QED) is 0.496. The fraction of sp³-hybridized carbons (Fsp3) is 0.440. The van der Waals surface area contributed by atoms with Crippen LogP contribution in [0, 0.1) is 0 Å². The van der Waals surface area contributed by atoms with Crippen LogP contribution in [0.4, 0.5) is 5.69 Å². The van der Waals surface area contributed by atoms with E-state index < -0.39 is 11.9 Å². The Hall–Kier alpha value is -3.14. The van der Waals surface area contributed by atoms with Crippen LogP contribution < -0.4 is 15.8 Å². The highest BCUT2D eigenvalue weighted by Gasteiger charge is 2.34. The number of nitrogens with zero attached hydrogens (tertiary/aromatic N) is 3. The second-order valence-electron chi connectivity index (χ2n) is 8.84. The number of benzene rings is 2. The van der Waals surface area contributed by atoms with Gasteiger partial charge in [0.25, 0.3) is 0 Å². The fourth-order valence-corrected chi connectivity index (χ4v) is 4.53. The van der Waals surface area contributed by atoms with Crippen molar-refractivity contribution in [3.8, 4) is 5.75 Å². The van der Waals surface area contributed by atoms with Gasteiger partial charge >= 0.3 is 5.76 Å². The Balaban J connectivity index is 1.33. The van der Waals surface area contributed by atoms with E-state index in [1.54, 1.807) is 29.9 Å². The molecule has 1 saturated heterocycles. The fourth-order valence-electron chi connectivity index (χ4n) is 4.53. The largest absolute Gasteiger partial charge is 0.497 e. The van der Waals surface area contributed by atoms with Gasteiger partial charge in [-0.05, 0) is 43.3 Å². The molecule has 1 aliphatic heterocycles. The first-order chi connectivity index (χ1) is 16.4. The maximum Gasteiger partial charge on any atom is 0.419 e. The van der Waals surface area contributed by atoms with E-state index >= 15 is 0 Å².